The van der Waals surface area contributed by atoms with Crippen molar-refractivity contribution in [2.45, 2.75) is 16.8 Å². The highest BCUT2D eigenvalue weighted by Gasteiger charge is 2.67. The number of anilines is 2. The number of hydrazone groups is 1. The van der Waals surface area contributed by atoms with Crippen LogP contribution in [-0.2, 0) is 20.5 Å². The number of benzene rings is 4. The molecule has 1 aliphatic rings. The van der Waals surface area contributed by atoms with Gasteiger partial charge in [-0.2, -0.15) is 13.2 Å². The van der Waals surface area contributed by atoms with E-state index in [4.69, 9.17) is 9.47 Å². The van der Waals surface area contributed by atoms with Crippen LogP contribution in [0.3, 0.4) is 0 Å². The number of nitrogens with one attached hydrogen (secondary N) is 1. The Labute approximate surface area is 223 Å². The Morgan fingerprint density at radius 1 is 0.846 bits per heavy atom. The minimum absolute atomic E-state index is 0.0913. The second-order valence-corrected chi connectivity index (χ2v) is 10.2. The van der Waals surface area contributed by atoms with Crippen LogP contribution in [0.2, 0.25) is 0 Å². The maximum atomic E-state index is 15.3. The summed E-state index contributed by atoms with van der Waals surface area (Å²) in [4.78, 5) is -0.160. The molecule has 11 heteroatoms. The van der Waals surface area contributed by atoms with E-state index in [2.05, 4.69) is 9.82 Å². The van der Waals surface area contributed by atoms with Crippen molar-refractivity contribution in [1.29, 1.82) is 0 Å². The summed E-state index contributed by atoms with van der Waals surface area (Å²) in [6.45, 7) is 0. The van der Waals surface area contributed by atoms with Crippen LogP contribution >= 0.6 is 0 Å². The summed E-state index contributed by atoms with van der Waals surface area (Å²) < 4.78 is 85.6. The molecule has 7 nitrogen and oxygen atoms in total. The van der Waals surface area contributed by atoms with Crippen molar-refractivity contribution < 1.29 is 31.1 Å². The predicted octanol–water partition coefficient (Wildman–Crippen LogP) is 6.11. The molecule has 4 aromatic rings. The zero-order valence-electron chi connectivity index (χ0n) is 20.5. The summed E-state index contributed by atoms with van der Waals surface area (Å²) in [5, 5.41) is 4.99. The molecule has 0 saturated heterocycles. The summed E-state index contributed by atoms with van der Waals surface area (Å²) in [7, 11) is -2.86. The van der Waals surface area contributed by atoms with Crippen molar-refractivity contribution in [2.75, 3.05) is 16.8 Å². The summed E-state index contributed by atoms with van der Waals surface area (Å²) in [6.07, 6.45) is -5.08. The largest absolute Gasteiger partial charge is 0.497 e. The SMILES string of the molecule is COc1ccc(S(=O)(=O)Nc2ccccc2C2(C(F)(F)F)OC(c3ccccc3)=NN2c2ccccc2)cc1. The zero-order chi connectivity index (χ0) is 27.7. The van der Waals surface area contributed by atoms with Crippen LogP contribution in [0.5, 0.6) is 5.75 Å². The maximum Gasteiger partial charge on any atom is 0.455 e. The van der Waals surface area contributed by atoms with E-state index in [9.17, 15) is 8.42 Å². The molecule has 0 aromatic heterocycles. The van der Waals surface area contributed by atoms with Gasteiger partial charge in [-0.25, -0.2) is 13.4 Å². The number of nitrogens with zero attached hydrogens (tertiary/aromatic N) is 2. The first-order chi connectivity index (χ1) is 18.7. The third-order valence-corrected chi connectivity index (χ3v) is 7.43. The molecule has 0 spiro atoms. The number of alkyl halides is 3. The van der Waals surface area contributed by atoms with Gasteiger partial charge in [-0.3, -0.25) is 4.72 Å². The molecule has 200 valence electrons. The Hall–Kier alpha value is -4.51. The quantitative estimate of drug-likeness (QED) is 0.299. The number of rotatable bonds is 7. The molecular formula is C28H22F3N3O4S. The van der Waals surface area contributed by atoms with Crippen molar-refractivity contribution in [1.82, 2.24) is 0 Å². The van der Waals surface area contributed by atoms with E-state index in [1.54, 1.807) is 48.5 Å². The highest BCUT2D eigenvalue weighted by atomic mass is 32.2. The minimum atomic E-state index is -5.08. The zero-order valence-corrected chi connectivity index (χ0v) is 21.3. The molecule has 0 saturated carbocycles. The van der Waals surface area contributed by atoms with Crippen LogP contribution < -0.4 is 14.5 Å². The number of sulfonamides is 1. The molecule has 4 aromatic carbocycles. The van der Waals surface area contributed by atoms with Crippen LogP contribution in [0.15, 0.2) is 119 Å². The lowest BCUT2D eigenvalue weighted by Crippen LogP contribution is -2.54. The molecule has 1 heterocycles. The highest BCUT2D eigenvalue weighted by Crippen LogP contribution is 2.52. The molecule has 0 fully saturated rings. The molecular weight excluding hydrogens is 531 g/mol. The van der Waals surface area contributed by atoms with Gasteiger partial charge in [-0.1, -0.05) is 54.6 Å². The summed E-state index contributed by atoms with van der Waals surface area (Å²) in [5.41, 5.74) is -3.60. The number of ether oxygens (including phenoxy) is 2. The fourth-order valence-corrected chi connectivity index (χ4v) is 5.28. The molecule has 1 aliphatic heterocycles. The van der Waals surface area contributed by atoms with E-state index in [0.29, 0.717) is 11.3 Å². The van der Waals surface area contributed by atoms with Gasteiger partial charge in [0.15, 0.2) is 0 Å². The summed E-state index contributed by atoms with van der Waals surface area (Å²) >= 11 is 0. The first kappa shape index (κ1) is 26.1. The minimum Gasteiger partial charge on any atom is -0.497 e. The molecule has 0 aliphatic carbocycles. The Balaban J connectivity index is 1.67. The van der Waals surface area contributed by atoms with Gasteiger partial charge in [0.2, 0.25) is 5.90 Å². The van der Waals surface area contributed by atoms with Crippen LogP contribution in [0.4, 0.5) is 24.5 Å². The van der Waals surface area contributed by atoms with E-state index in [-0.39, 0.29) is 22.2 Å². The van der Waals surface area contributed by atoms with Crippen LogP contribution in [-0.4, -0.2) is 27.6 Å². The average Bonchev–Trinajstić information content (AvgIpc) is 3.36. The number of hydrogen-bond donors (Lipinski definition) is 1. The van der Waals surface area contributed by atoms with Gasteiger partial charge in [-0.05, 0) is 54.6 Å². The maximum absolute atomic E-state index is 15.3. The molecule has 0 bridgehead atoms. The second-order valence-electron chi connectivity index (χ2n) is 8.49. The predicted molar refractivity (Wildman–Crippen MR) is 141 cm³/mol. The number of hydrogen-bond acceptors (Lipinski definition) is 6. The molecule has 1 atom stereocenters. The number of para-hydroxylation sites is 2. The Morgan fingerprint density at radius 2 is 1.44 bits per heavy atom. The van der Waals surface area contributed by atoms with Crippen molar-refractivity contribution in [2.24, 2.45) is 5.10 Å². The van der Waals surface area contributed by atoms with E-state index in [1.807, 2.05) is 0 Å². The lowest BCUT2D eigenvalue weighted by molar-refractivity contribution is -0.253. The Bertz CT molecular complexity index is 1600. The fraction of sp³-hybridized carbons (Fsp3) is 0.107. The first-order valence-electron chi connectivity index (χ1n) is 11.7. The molecule has 1 unspecified atom stereocenters. The van der Waals surface area contributed by atoms with E-state index < -0.39 is 27.5 Å². The molecule has 1 N–H and O–H groups in total. The van der Waals surface area contributed by atoms with Crippen molar-refractivity contribution in [3.8, 4) is 5.75 Å². The van der Waals surface area contributed by atoms with E-state index in [1.165, 1.54) is 67.8 Å². The van der Waals surface area contributed by atoms with E-state index in [0.717, 1.165) is 5.01 Å². The first-order valence-corrected chi connectivity index (χ1v) is 13.2. The molecule has 5 rings (SSSR count). The highest BCUT2D eigenvalue weighted by molar-refractivity contribution is 7.92. The topological polar surface area (TPSA) is 80.2 Å². The van der Waals surface area contributed by atoms with Gasteiger partial charge in [-0.15, -0.1) is 5.10 Å². The van der Waals surface area contributed by atoms with Crippen molar-refractivity contribution in [3.63, 3.8) is 0 Å². The van der Waals surface area contributed by atoms with Crippen LogP contribution in [0.25, 0.3) is 0 Å². The van der Waals surface area contributed by atoms with Gasteiger partial charge in [0.1, 0.15) is 5.75 Å². The number of methoxy groups -OCH3 is 1. The summed E-state index contributed by atoms with van der Waals surface area (Å²) in [5.74, 6) is 0.151. The molecule has 0 amide bonds. The van der Waals surface area contributed by atoms with Crippen LogP contribution in [0.1, 0.15) is 11.1 Å². The van der Waals surface area contributed by atoms with Gasteiger partial charge in [0.25, 0.3) is 10.0 Å². The normalized spacial score (nSPS) is 17.3. The van der Waals surface area contributed by atoms with Gasteiger partial charge in [0.05, 0.1) is 28.9 Å². The lowest BCUT2D eigenvalue weighted by Gasteiger charge is -2.38. The molecule has 39 heavy (non-hydrogen) atoms. The van der Waals surface area contributed by atoms with Crippen molar-refractivity contribution in [3.05, 3.63) is 120 Å². The van der Waals surface area contributed by atoms with Gasteiger partial charge >= 0.3 is 11.9 Å². The third kappa shape index (κ3) is 4.76. The van der Waals surface area contributed by atoms with Crippen LogP contribution in [0, 0.1) is 0 Å². The van der Waals surface area contributed by atoms with Gasteiger partial charge < -0.3 is 9.47 Å². The smallest absolute Gasteiger partial charge is 0.455 e. The number of halogens is 3. The lowest BCUT2D eigenvalue weighted by atomic mass is 9.98. The monoisotopic (exact) mass is 553 g/mol. The molecule has 0 radical (unpaired) electrons. The standard InChI is InChI=1S/C28H22F3N3O4S/c1-37-22-16-18-23(19-17-22)39(35,36)33-25-15-9-8-14-24(25)27(28(29,30)31)34(21-12-6-3-7-13-21)32-26(38-27)20-10-4-2-5-11-20/h2-19,33H,1H3. The average molecular weight is 554 g/mol. The second kappa shape index (κ2) is 9.99. The Morgan fingerprint density at radius 3 is 2.05 bits per heavy atom. The third-order valence-electron chi connectivity index (χ3n) is 6.05. The van der Waals surface area contributed by atoms with Gasteiger partial charge in [0, 0.05) is 5.56 Å². The Kier molecular flexibility index (Phi) is 6.69. The van der Waals surface area contributed by atoms with E-state index >= 15 is 13.2 Å². The van der Waals surface area contributed by atoms with Crippen molar-refractivity contribution >= 4 is 27.3 Å². The summed E-state index contributed by atoms with van der Waals surface area (Å²) in [6, 6.07) is 26.6. The fourth-order valence-electron chi connectivity index (χ4n) is 4.20.